The van der Waals surface area contributed by atoms with E-state index in [1.807, 2.05) is 6.07 Å². The zero-order valence-corrected chi connectivity index (χ0v) is 12.3. The summed E-state index contributed by atoms with van der Waals surface area (Å²) in [5.74, 6) is -0.755. The van der Waals surface area contributed by atoms with Crippen LogP contribution in [0.25, 0.3) is 0 Å². The molecule has 5 nitrogen and oxygen atoms in total. The number of carbonyl (C=O) groups excluding carboxylic acids is 2. The van der Waals surface area contributed by atoms with Crippen LogP contribution in [0.2, 0.25) is 0 Å². The van der Waals surface area contributed by atoms with E-state index in [1.165, 1.54) is 13.2 Å². The number of nitriles is 1. The van der Waals surface area contributed by atoms with Gasteiger partial charge in [-0.1, -0.05) is 6.07 Å². The smallest absolute Gasteiger partial charge is 0.348 e. The molecule has 0 saturated carbocycles. The minimum absolute atomic E-state index is 0.329. The van der Waals surface area contributed by atoms with Crippen molar-refractivity contribution in [2.45, 2.75) is 6.92 Å². The van der Waals surface area contributed by atoms with Crippen LogP contribution in [0.5, 0.6) is 0 Å². The van der Waals surface area contributed by atoms with Crippen LogP contribution >= 0.6 is 11.3 Å². The van der Waals surface area contributed by atoms with Crippen molar-refractivity contribution in [2.75, 3.05) is 12.4 Å². The Morgan fingerprint density at radius 2 is 2.10 bits per heavy atom. The number of aryl methyl sites for hydroxylation is 1. The second-order valence-corrected chi connectivity index (χ2v) is 5.31. The number of benzene rings is 1. The standard InChI is InChI=1S/C15H12N2O3S/c1-9-6-12(21-13(9)15(19)20-2)17-14(18)11-5-3-4-10(7-11)8-16/h3-7H,1-2H3,(H,17,18). The number of hydrogen-bond donors (Lipinski definition) is 1. The molecule has 6 heteroatoms. The molecule has 2 rings (SSSR count). The van der Waals surface area contributed by atoms with Crippen molar-refractivity contribution >= 4 is 28.2 Å². The summed E-state index contributed by atoms with van der Waals surface area (Å²) in [6, 6.07) is 10.1. The molecule has 1 N–H and O–H groups in total. The largest absolute Gasteiger partial charge is 0.465 e. The van der Waals surface area contributed by atoms with Gasteiger partial charge in [0.1, 0.15) is 4.88 Å². The molecule has 0 fully saturated rings. The Balaban J connectivity index is 2.20. The first-order valence-corrected chi connectivity index (χ1v) is 6.87. The Bertz CT molecular complexity index is 744. The Morgan fingerprint density at radius 3 is 2.76 bits per heavy atom. The fraction of sp³-hybridized carbons (Fsp3) is 0.133. The molecule has 1 heterocycles. The third-order valence-corrected chi connectivity index (χ3v) is 3.91. The number of amides is 1. The van der Waals surface area contributed by atoms with Crippen molar-refractivity contribution in [1.82, 2.24) is 0 Å². The highest BCUT2D eigenvalue weighted by Gasteiger charge is 2.15. The molecule has 21 heavy (non-hydrogen) atoms. The summed E-state index contributed by atoms with van der Waals surface area (Å²) in [7, 11) is 1.31. The lowest BCUT2D eigenvalue weighted by Gasteiger charge is -2.02. The zero-order chi connectivity index (χ0) is 15.4. The third-order valence-electron chi connectivity index (χ3n) is 2.78. The molecule has 2 aromatic rings. The summed E-state index contributed by atoms with van der Waals surface area (Å²) in [6.07, 6.45) is 0. The molecular formula is C15H12N2O3S. The van der Waals surface area contributed by atoms with Crippen molar-refractivity contribution < 1.29 is 14.3 Å². The van der Waals surface area contributed by atoms with E-state index in [1.54, 1.807) is 31.2 Å². The molecule has 1 aromatic heterocycles. The maximum absolute atomic E-state index is 12.1. The summed E-state index contributed by atoms with van der Waals surface area (Å²) in [6.45, 7) is 1.77. The van der Waals surface area contributed by atoms with Crippen molar-refractivity contribution in [2.24, 2.45) is 0 Å². The highest BCUT2D eigenvalue weighted by atomic mass is 32.1. The molecule has 0 aliphatic heterocycles. The summed E-state index contributed by atoms with van der Waals surface area (Å²) in [5.41, 5.74) is 1.55. The van der Waals surface area contributed by atoms with Crippen LogP contribution in [0, 0.1) is 18.3 Å². The Morgan fingerprint density at radius 1 is 1.33 bits per heavy atom. The normalized spacial score (nSPS) is 9.76. The van der Waals surface area contributed by atoms with Crippen LogP contribution in [0.3, 0.4) is 0 Å². The maximum Gasteiger partial charge on any atom is 0.348 e. The number of carbonyl (C=O) groups is 2. The van der Waals surface area contributed by atoms with Gasteiger partial charge in [0.2, 0.25) is 0 Å². The predicted molar refractivity (Wildman–Crippen MR) is 79.5 cm³/mol. The van der Waals surface area contributed by atoms with Gasteiger partial charge in [-0.05, 0) is 36.8 Å². The van der Waals surface area contributed by atoms with Crippen molar-refractivity contribution in [3.8, 4) is 6.07 Å². The van der Waals surface area contributed by atoms with E-state index < -0.39 is 5.97 Å². The molecule has 0 spiro atoms. The molecule has 1 amide bonds. The second kappa shape index (κ2) is 6.20. The molecule has 1 aromatic carbocycles. The van der Waals surface area contributed by atoms with Gasteiger partial charge in [0.15, 0.2) is 0 Å². The molecule has 0 radical (unpaired) electrons. The van der Waals surface area contributed by atoms with Crippen molar-refractivity contribution in [3.63, 3.8) is 0 Å². The van der Waals surface area contributed by atoms with Gasteiger partial charge in [0, 0.05) is 5.56 Å². The van der Waals surface area contributed by atoms with E-state index in [0.717, 1.165) is 16.9 Å². The topological polar surface area (TPSA) is 79.2 Å². The van der Waals surface area contributed by atoms with Gasteiger partial charge in [-0.25, -0.2) is 4.79 Å². The number of ether oxygens (including phenoxy) is 1. The first-order chi connectivity index (χ1) is 10.0. The molecule has 0 saturated heterocycles. The first kappa shape index (κ1) is 14.8. The van der Waals surface area contributed by atoms with E-state index >= 15 is 0 Å². The third kappa shape index (κ3) is 3.27. The van der Waals surface area contributed by atoms with Gasteiger partial charge in [-0.15, -0.1) is 11.3 Å². The number of rotatable bonds is 3. The highest BCUT2D eigenvalue weighted by molar-refractivity contribution is 7.18. The lowest BCUT2D eigenvalue weighted by atomic mass is 10.1. The quantitative estimate of drug-likeness (QED) is 0.884. The highest BCUT2D eigenvalue weighted by Crippen LogP contribution is 2.27. The predicted octanol–water partition coefficient (Wildman–Crippen LogP) is 2.97. The fourth-order valence-corrected chi connectivity index (χ4v) is 2.74. The van der Waals surface area contributed by atoms with Gasteiger partial charge < -0.3 is 10.1 Å². The summed E-state index contributed by atoms with van der Waals surface area (Å²) in [4.78, 5) is 24.1. The van der Waals surface area contributed by atoms with Crippen LogP contribution in [-0.2, 0) is 4.74 Å². The SMILES string of the molecule is COC(=O)c1sc(NC(=O)c2cccc(C#N)c2)cc1C. The second-order valence-electron chi connectivity index (χ2n) is 4.26. The van der Waals surface area contributed by atoms with Gasteiger partial charge in [0.25, 0.3) is 5.91 Å². The van der Waals surface area contributed by atoms with Gasteiger partial charge in [-0.2, -0.15) is 5.26 Å². The Kier molecular flexibility index (Phi) is 4.36. The summed E-state index contributed by atoms with van der Waals surface area (Å²) in [5, 5.41) is 12.1. The van der Waals surface area contributed by atoms with E-state index in [4.69, 9.17) is 5.26 Å². The van der Waals surface area contributed by atoms with Crippen LogP contribution in [0.1, 0.15) is 31.2 Å². The van der Waals surface area contributed by atoms with Crippen molar-refractivity contribution in [1.29, 1.82) is 5.26 Å². The number of nitrogens with one attached hydrogen (secondary N) is 1. The van der Waals surface area contributed by atoms with E-state index in [-0.39, 0.29) is 5.91 Å². The van der Waals surface area contributed by atoms with E-state index in [2.05, 4.69) is 10.1 Å². The average molecular weight is 300 g/mol. The molecule has 0 aliphatic carbocycles. The Hall–Kier alpha value is -2.65. The van der Waals surface area contributed by atoms with Crippen LogP contribution in [0.15, 0.2) is 30.3 Å². The molecule has 0 atom stereocenters. The number of methoxy groups -OCH3 is 1. The molecule has 106 valence electrons. The van der Waals surface area contributed by atoms with E-state index in [9.17, 15) is 9.59 Å². The monoisotopic (exact) mass is 300 g/mol. The molecule has 0 aliphatic rings. The van der Waals surface area contributed by atoms with Gasteiger partial charge in [-0.3, -0.25) is 4.79 Å². The number of hydrogen-bond acceptors (Lipinski definition) is 5. The average Bonchev–Trinajstić information content (AvgIpc) is 2.87. The maximum atomic E-state index is 12.1. The minimum atomic E-state index is -0.426. The summed E-state index contributed by atoms with van der Waals surface area (Å²) < 4.78 is 4.67. The van der Waals surface area contributed by atoms with E-state index in [0.29, 0.717) is 21.0 Å². The molecule has 0 bridgehead atoms. The lowest BCUT2D eigenvalue weighted by molar-refractivity contribution is 0.0605. The van der Waals surface area contributed by atoms with Gasteiger partial charge in [0.05, 0.1) is 23.7 Å². The van der Waals surface area contributed by atoms with Crippen LogP contribution < -0.4 is 5.32 Å². The first-order valence-electron chi connectivity index (χ1n) is 6.05. The van der Waals surface area contributed by atoms with Crippen LogP contribution in [0.4, 0.5) is 5.00 Å². The number of anilines is 1. The van der Waals surface area contributed by atoms with Gasteiger partial charge >= 0.3 is 5.97 Å². The minimum Gasteiger partial charge on any atom is -0.465 e. The van der Waals surface area contributed by atoms with Crippen LogP contribution in [-0.4, -0.2) is 19.0 Å². The Labute approximate surface area is 125 Å². The zero-order valence-electron chi connectivity index (χ0n) is 11.5. The number of nitrogens with zero attached hydrogens (tertiary/aromatic N) is 1. The summed E-state index contributed by atoms with van der Waals surface area (Å²) >= 11 is 1.15. The fourth-order valence-electron chi connectivity index (χ4n) is 1.75. The number of esters is 1. The lowest BCUT2D eigenvalue weighted by Crippen LogP contribution is -2.10. The van der Waals surface area contributed by atoms with Crippen molar-refractivity contribution in [3.05, 3.63) is 51.9 Å². The molecular weight excluding hydrogens is 288 g/mol. The molecule has 0 unspecified atom stereocenters. The number of thiophene rings is 1.